The zero-order valence-corrected chi connectivity index (χ0v) is 17.6. The fourth-order valence-corrected chi connectivity index (χ4v) is 4.13. The molecule has 0 amide bonds. The van der Waals surface area contributed by atoms with Crippen LogP contribution in [-0.2, 0) is 17.6 Å². The normalized spacial score (nSPS) is 12.2. The number of nitrogens with zero attached hydrogens (tertiary/aromatic N) is 2. The molecule has 152 valence electrons. The number of Topliss-reactive ketones (excluding diaryl/α,β-unsaturated/α-hetero) is 1. The highest BCUT2D eigenvalue weighted by molar-refractivity contribution is 5.87. The number of imidazole rings is 1. The number of H-pyrrole nitrogens is 1. The van der Waals surface area contributed by atoms with Gasteiger partial charge in [-0.05, 0) is 68.0 Å². The molecule has 0 spiro atoms. The number of fused-ring (bicyclic) bond motifs is 1. The van der Waals surface area contributed by atoms with Crippen LogP contribution in [0.3, 0.4) is 0 Å². The van der Waals surface area contributed by atoms with Crippen molar-refractivity contribution in [2.75, 3.05) is 0 Å². The molecule has 0 aliphatic rings. The number of aromatic nitrogens is 3. The molecule has 0 radical (unpaired) electrons. The molecule has 0 saturated heterocycles. The molecule has 0 fully saturated rings. The molecule has 0 bridgehead atoms. The first-order valence-corrected chi connectivity index (χ1v) is 10.5. The fraction of sp³-hybridized carbons (Fsp3) is 0.269. The Morgan fingerprint density at radius 3 is 2.63 bits per heavy atom. The zero-order chi connectivity index (χ0) is 20.9. The highest BCUT2D eigenvalue weighted by Crippen LogP contribution is 2.31. The standard InChI is InChI=1S/C26H27N3O/c1-18-17-28-26(29-18)15-22-14-21-11-7-13-27-25(21)16-24(22)23(19(2)30)12-6-10-20-8-4-3-5-9-20/h3-5,7-9,11,13-14,16-17,23H,6,10,12,15H2,1-2H3,(H,28,29). The molecule has 0 saturated carbocycles. The summed E-state index contributed by atoms with van der Waals surface area (Å²) < 4.78 is 0. The van der Waals surface area contributed by atoms with Crippen LogP contribution >= 0.6 is 0 Å². The van der Waals surface area contributed by atoms with Crippen molar-refractivity contribution in [1.29, 1.82) is 0 Å². The monoisotopic (exact) mass is 397 g/mol. The fourth-order valence-electron chi connectivity index (χ4n) is 4.13. The first kappa shape index (κ1) is 20.0. The Labute approximate surface area is 177 Å². The molecule has 2 aromatic carbocycles. The highest BCUT2D eigenvalue weighted by atomic mass is 16.1. The molecule has 4 heteroatoms. The number of carbonyl (C=O) groups is 1. The van der Waals surface area contributed by atoms with Gasteiger partial charge in [-0.25, -0.2) is 4.98 Å². The Balaban J connectivity index is 1.65. The van der Waals surface area contributed by atoms with Crippen molar-refractivity contribution in [2.45, 2.75) is 45.4 Å². The summed E-state index contributed by atoms with van der Waals surface area (Å²) in [6.07, 6.45) is 7.10. The summed E-state index contributed by atoms with van der Waals surface area (Å²) in [5, 5.41) is 1.09. The molecular formula is C26H27N3O. The Kier molecular flexibility index (Phi) is 6.03. The topological polar surface area (TPSA) is 58.6 Å². The number of hydrogen-bond donors (Lipinski definition) is 1. The zero-order valence-electron chi connectivity index (χ0n) is 17.6. The van der Waals surface area contributed by atoms with Gasteiger partial charge in [0.25, 0.3) is 0 Å². The van der Waals surface area contributed by atoms with Crippen LogP contribution in [0.4, 0.5) is 0 Å². The van der Waals surface area contributed by atoms with Gasteiger partial charge in [-0.1, -0.05) is 36.4 Å². The lowest BCUT2D eigenvalue weighted by Crippen LogP contribution is -2.13. The van der Waals surface area contributed by atoms with E-state index in [1.54, 1.807) is 13.1 Å². The summed E-state index contributed by atoms with van der Waals surface area (Å²) in [4.78, 5) is 25.0. The summed E-state index contributed by atoms with van der Waals surface area (Å²) in [5.74, 6) is 0.991. The lowest BCUT2D eigenvalue weighted by atomic mass is 9.85. The Bertz CT molecular complexity index is 1150. The number of carbonyl (C=O) groups excluding carboxylic acids is 1. The van der Waals surface area contributed by atoms with Crippen LogP contribution in [-0.4, -0.2) is 20.7 Å². The van der Waals surface area contributed by atoms with E-state index >= 15 is 0 Å². The lowest BCUT2D eigenvalue weighted by Gasteiger charge is -2.19. The van der Waals surface area contributed by atoms with Crippen LogP contribution in [0.25, 0.3) is 10.9 Å². The molecule has 2 aromatic heterocycles. The second kappa shape index (κ2) is 9.04. The number of hydrogen-bond acceptors (Lipinski definition) is 3. The van der Waals surface area contributed by atoms with E-state index in [2.05, 4.69) is 57.4 Å². The van der Waals surface area contributed by atoms with Crippen LogP contribution in [0.2, 0.25) is 0 Å². The van der Waals surface area contributed by atoms with E-state index < -0.39 is 0 Å². The smallest absolute Gasteiger partial charge is 0.137 e. The minimum absolute atomic E-state index is 0.133. The third-order valence-corrected chi connectivity index (χ3v) is 5.64. The number of ketones is 1. The van der Waals surface area contributed by atoms with E-state index in [1.807, 2.05) is 25.3 Å². The molecular weight excluding hydrogens is 370 g/mol. The van der Waals surface area contributed by atoms with Gasteiger partial charge >= 0.3 is 0 Å². The molecule has 0 aliphatic heterocycles. The maximum atomic E-state index is 12.7. The average molecular weight is 398 g/mol. The van der Waals surface area contributed by atoms with Crippen molar-refractivity contribution in [3.05, 3.63) is 95.2 Å². The maximum absolute atomic E-state index is 12.7. The van der Waals surface area contributed by atoms with E-state index in [9.17, 15) is 4.79 Å². The van der Waals surface area contributed by atoms with E-state index in [0.717, 1.165) is 52.8 Å². The SMILES string of the molecule is CC(=O)C(CCCc1ccccc1)c1cc2ncccc2cc1Cc1ncc(C)[nH]1. The van der Waals surface area contributed by atoms with Gasteiger partial charge in [0.15, 0.2) is 0 Å². The van der Waals surface area contributed by atoms with E-state index in [4.69, 9.17) is 0 Å². The number of rotatable bonds is 8. The highest BCUT2D eigenvalue weighted by Gasteiger charge is 2.21. The molecule has 2 heterocycles. The van der Waals surface area contributed by atoms with Crippen LogP contribution in [0.15, 0.2) is 67.0 Å². The summed E-state index contributed by atoms with van der Waals surface area (Å²) in [6, 6.07) is 18.8. The van der Waals surface area contributed by atoms with Gasteiger partial charge in [0.05, 0.1) is 5.52 Å². The Morgan fingerprint density at radius 2 is 1.90 bits per heavy atom. The minimum atomic E-state index is -0.133. The van der Waals surface area contributed by atoms with Crippen LogP contribution in [0, 0.1) is 6.92 Å². The molecule has 1 unspecified atom stereocenters. The largest absolute Gasteiger partial charge is 0.346 e. The lowest BCUT2D eigenvalue weighted by molar-refractivity contribution is -0.118. The molecule has 30 heavy (non-hydrogen) atoms. The third-order valence-electron chi connectivity index (χ3n) is 5.64. The summed E-state index contributed by atoms with van der Waals surface area (Å²) in [5.41, 5.74) is 5.51. The summed E-state index contributed by atoms with van der Waals surface area (Å²) >= 11 is 0. The van der Waals surface area contributed by atoms with Crippen molar-refractivity contribution in [2.24, 2.45) is 0 Å². The number of aryl methyl sites for hydroxylation is 2. The molecule has 0 aliphatic carbocycles. The van der Waals surface area contributed by atoms with Crippen molar-refractivity contribution in [3.8, 4) is 0 Å². The minimum Gasteiger partial charge on any atom is -0.346 e. The van der Waals surface area contributed by atoms with Gasteiger partial charge in [0.2, 0.25) is 0 Å². The molecule has 4 aromatic rings. The number of benzene rings is 2. The van der Waals surface area contributed by atoms with Crippen molar-refractivity contribution < 1.29 is 4.79 Å². The second-order valence-corrected chi connectivity index (χ2v) is 7.98. The van der Waals surface area contributed by atoms with Crippen LogP contribution < -0.4 is 0 Å². The van der Waals surface area contributed by atoms with E-state index in [1.165, 1.54) is 5.56 Å². The van der Waals surface area contributed by atoms with Gasteiger partial charge in [0.1, 0.15) is 11.6 Å². The predicted molar refractivity (Wildman–Crippen MR) is 121 cm³/mol. The van der Waals surface area contributed by atoms with Crippen LogP contribution in [0.1, 0.15) is 53.9 Å². The van der Waals surface area contributed by atoms with Gasteiger partial charge in [-0.15, -0.1) is 0 Å². The molecule has 4 rings (SSSR count). The predicted octanol–water partition coefficient (Wildman–Crippen LogP) is 5.55. The van der Waals surface area contributed by atoms with Crippen molar-refractivity contribution in [1.82, 2.24) is 15.0 Å². The quantitative estimate of drug-likeness (QED) is 0.424. The maximum Gasteiger partial charge on any atom is 0.137 e. The van der Waals surface area contributed by atoms with Crippen molar-refractivity contribution >= 4 is 16.7 Å². The second-order valence-electron chi connectivity index (χ2n) is 7.98. The van der Waals surface area contributed by atoms with Gasteiger partial charge in [-0.2, -0.15) is 0 Å². The first-order valence-electron chi connectivity index (χ1n) is 10.5. The number of aromatic amines is 1. The number of pyridine rings is 1. The summed E-state index contributed by atoms with van der Waals surface area (Å²) in [6.45, 7) is 3.71. The molecule has 1 atom stereocenters. The third kappa shape index (κ3) is 4.65. The van der Waals surface area contributed by atoms with Gasteiger partial charge in [0, 0.05) is 35.8 Å². The summed E-state index contributed by atoms with van der Waals surface area (Å²) in [7, 11) is 0. The van der Waals surface area contributed by atoms with Gasteiger partial charge < -0.3 is 4.98 Å². The average Bonchev–Trinajstić information content (AvgIpc) is 3.16. The molecule has 1 N–H and O–H groups in total. The first-order chi connectivity index (χ1) is 14.6. The van der Waals surface area contributed by atoms with Crippen LogP contribution in [0.5, 0.6) is 0 Å². The van der Waals surface area contributed by atoms with E-state index in [0.29, 0.717) is 6.42 Å². The molecule has 4 nitrogen and oxygen atoms in total. The van der Waals surface area contributed by atoms with Crippen molar-refractivity contribution in [3.63, 3.8) is 0 Å². The Hall–Kier alpha value is -3.27. The van der Waals surface area contributed by atoms with E-state index in [-0.39, 0.29) is 11.7 Å². The van der Waals surface area contributed by atoms with Gasteiger partial charge in [-0.3, -0.25) is 9.78 Å². The number of nitrogens with one attached hydrogen (secondary N) is 1. The Morgan fingerprint density at radius 1 is 1.07 bits per heavy atom.